The number of amides is 1. The summed E-state index contributed by atoms with van der Waals surface area (Å²) >= 11 is 3.13. The number of hydrogen-bond acceptors (Lipinski definition) is 5. The number of carbonyl (C=O) groups is 2. The minimum atomic E-state index is -3.85. The van der Waals surface area contributed by atoms with Gasteiger partial charge in [-0.3, -0.25) is 9.59 Å². The molecule has 7 nitrogen and oxygen atoms in total. The van der Waals surface area contributed by atoms with Crippen molar-refractivity contribution in [2.75, 3.05) is 13.1 Å². The predicted molar refractivity (Wildman–Crippen MR) is 83.6 cm³/mol. The molecule has 0 aromatic heterocycles. The molecule has 0 aliphatic rings. The summed E-state index contributed by atoms with van der Waals surface area (Å²) < 4.78 is 31.4. The minimum Gasteiger partial charge on any atom is -0.452 e. The highest BCUT2D eigenvalue weighted by Crippen LogP contribution is 2.20. The molecule has 1 rings (SSSR count). The molecule has 0 spiro atoms. The van der Waals surface area contributed by atoms with Crippen LogP contribution in [0, 0.1) is 0 Å². The third-order valence-corrected chi connectivity index (χ3v) is 4.97. The molecule has 22 heavy (non-hydrogen) atoms. The average molecular weight is 393 g/mol. The van der Waals surface area contributed by atoms with Crippen LogP contribution in [-0.2, 0) is 24.3 Å². The number of nitrogens with one attached hydrogen (secondary N) is 2. The van der Waals surface area contributed by atoms with Crippen LogP contribution >= 0.6 is 15.9 Å². The van der Waals surface area contributed by atoms with Crippen LogP contribution in [0.5, 0.6) is 0 Å². The maximum absolute atomic E-state index is 12.1. The molecule has 0 aliphatic heterocycles. The van der Waals surface area contributed by atoms with E-state index < -0.39 is 34.5 Å². The summed E-state index contributed by atoms with van der Waals surface area (Å²) in [5.41, 5.74) is 0. The number of ether oxygens (including phenoxy) is 1. The smallest absolute Gasteiger partial charge is 0.321 e. The highest BCUT2D eigenvalue weighted by Gasteiger charge is 2.21. The fourth-order valence-electron chi connectivity index (χ4n) is 1.50. The van der Waals surface area contributed by atoms with E-state index in [2.05, 4.69) is 26.0 Å². The van der Waals surface area contributed by atoms with E-state index in [1.165, 1.54) is 13.0 Å². The zero-order valence-corrected chi connectivity index (χ0v) is 14.5. The van der Waals surface area contributed by atoms with E-state index >= 15 is 0 Å². The molecule has 0 heterocycles. The van der Waals surface area contributed by atoms with Crippen LogP contribution in [0.2, 0.25) is 0 Å². The van der Waals surface area contributed by atoms with Crippen molar-refractivity contribution in [2.45, 2.75) is 24.8 Å². The van der Waals surface area contributed by atoms with Crippen molar-refractivity contribution in [1.82, 2.24) is 10.0 Å². The van der Waals surface area contributed by atoms with Crippen molar-refractivity contribution in [3.8, 4) is 0 Å². The molecule has 1 aromatic rings. The van der Waals surface area contributed by atoms with Gasteiger partial charge in [-0.05, 0) is 41.9 Å². The number of halogens is 1. The fraction of sp³-hybridized carbons (Fsp3) is 0.385. The molecule has 0 bridgehead atoms. The van der Waals surface area contributed by atoms with Gasteiger partial charge in [-0.25, -0.2) is 8.42 Å². The van der Waals surface area contributed by atoms with E-state index in [9.17, 15) is 18.0 Å². The Morgan fingerprint density at radius 3 is 2.55 bits per heavy atom. The Morgan fingerprint density at radius 2 is 1.95 bits per heavy atom. The second-order valence-electron chi connectivity index (χ2n) is 4.28. The van der Waals surface area contributed by atoms with Gasteiger partial charge in [0.15, 0.2) is 6.10 Å². The van der Waals surface area contributed by atoms with Gasteiger partial charge < -0.3 is 10.1 Å². The monoisotopic (exact) mass is 392 g/mol. The molecular weight excluding hydrogens is 376 g/mol. The third-order valence-electron chi connectivity index (χ3n) is 2.56. The normalized spacial score (nSPS) is 12.5. The van der Waals surface area contributed by atoms with Gasteiger partial charge in [-0.2, -0.15) is 4.72 Å². The summed E-state index contributed by atoms with van der Waals surface area (Å²) in [6.07, 6.45) is -0.986. The Morgan fingerprint density at radius 1 is 1.32 bits per heavy atom. The molecule has 0 radical (unpaired) electrons. The SMILES string of the molecule is CCNC(=O)[C@@H](C)OC(=O)CNS(=O)(=O)c1ccccc1Br. The number of esters is 1. The Labute approximate surface area is 137 Å². The Balaban J connectivity index is 2.60. The molecule has 0 saturated heterocycles. The molecule has 122 valence electrons. The molecule has 1 amide bonds. The van der Waals surface area contributed by atoms with Crippen LogP contribution < -0.4 is 10.0 Å². The molecule has 0 unspecified atom stereocenters. The fourth-order valence-corrected chi connectivity index (χ4v) is 3.47. The molecule has 0 aliphatic carbocycles. The number of sulfonamides is 1. The van der Waals surface area contributed by atoms with Crippen molar-refractivity contribution < 1.29 is 22.7 Å². The van der Waals surface area contributed by atoms with Crippen molar-refractivity contribution in [2.24, 2.45) is 0 Å². The van der Waals surface area contributed by atoms with Crippen molar-refractivity contribution in [3.63, 3.8) is 0 Å². The van der Waals surface area contributed by atoms with Gasteiger partial charge in [-0.1, -0.05) is 12.1 Å². The maximum Gasteiger partial charge on any atom is 0.321 e. The molecule has 1 atom stereocenters. The van der Waals surface area contributed by atoms with Gasteiger partial charge in [-0.15, -0.1) is 0 Å². The van der Waals surface area contributed by atoms with E-state index in [0.717, 1.165) is 0 Å². The largest absolute Gasteiger partial charge is 0.452 e. The van der Waals surface area contributed by atoms with E-state index in [1.54, 1.807) is 25.1 Å². The van der Waals surface area contributed by atoms with E-state index in [0.29, 0.717) is 11.0 Å². The predicted octanol–water partition coefficient (Wildman–Crippen LogP) is 0.795. The lowest BCUT2D eigenvalue weighted by atomic mass is 10.4. The lowest BCUT2D eigenvalue weighted by Crippen LogP contribution is -2.38. The second kappa shape index (κ2) is 8.25. The van der Waals surface area contributed by atoms with Gasteiger partial charge >= 0.3 is 5.97 Å². The lowest BCUT2D eigenvalue weighted by molar-refractivity contribution is -0.153. The van der Waals surface area contributed by atoms with Gasteiger partial charge in [0, 0.05) is 11.0 Å². The number of hydrogen-bond donors (Lipinski definition) is 2. The molecular formula is C13H17BrN2O5S. The van der Waals surface area contributed by atoms with Crippen LogP contribution in [0.1, 0.15) is 13.8 Å². The zero-order valence-electron chi connectivity index (χ0n) is 12.1. The average Bonchev–Trinajstić information content (AvgIpc) is 2.45. The summed E-state index contributed by atoms with van der Waals surface area (Å²) in [7, 11) is -3.85. The number of carbonyl (C=O) groups excluding carboxylic acids is 2. The van der Waals surface area contributed by atoms with E-state index in [-0.39, 0.29) is 4.90 Å². The molecule has 0 saturated carbocycles. The maximum atomic E-state index is 12.1. The van der Waals surface area contributed by atoms with Gasteiger partial charge in [0.1, 0.15) is 6.54 Å². The van der Waals surface area contributed by atoms with Gasteiger partial charge in [0.2, 0.25) is 10.0 Å². The number of likely N-dealkylation sites (N-methyl/N-ethyl adjacent to an activating group) is 1. The first-order valence-corrected chi connectivity index (χ1v) is 8.77. The first-order valence-electron chi connectivity index (χ1n) is 6.49. The molecule has 9 heteroatoms. The Hall–Kier alpha value is -1.45. The number of rotatable bonds is 7. The topological polar surface area (TPSA) is 102 Å². The zero-order chi connectivity index (χ0) is 16.8. The summed E-state index contributed by atoms with van der Waals surface area (Å²) in [5.74, 6) is -1.28. The van der Waals surface area contributed by atoms with Crippen molar-refractivity contribution in [3.05, 3.63) is 28.7 Å². The van der Waals surface area contributed by atoms with Crippen LogP contribution in [0.4, 0.5) is 0 Å². The molecule has 0 fully saturated rings. The first kappa shape index (κ1) is 18.6. The van der Waals surface area contributed by atoms with Crippen LogP contribution in [0.3, 0.4) is 0 Å². The van der Waals surface area contributed by atoms with Crippen molar-refractivity contribution >= 4 is 37.8 Å². The van der Waals surface area contributed by atoms with Crippen LogP contribution in [0.15, 0.2) is 33.6 Å². The van der Waals surface area contributed by atoms with Crippen LogP contribution in [0.25, 0.3) is 0 Å². The lowest BCUT2D eigenvalue weighted by Gasteiger charge is -2.13. The minimum absolute atomic E-state index is 0.0135. The summed E-state index contributed by atoms with van der Waals surface area (Å²) in [5, 5.41) is 2.50. The quantitative estimate of drug-likeness (QED) is 0.668. The Bertz CT molecular complexity index is 648. The summed E-state index contributed by atoms with van der Waals surface area (Å²) in [4.78, 5) is 23.0. The highest BCUT2D eigenvalue weighted by molar-refractivity contribution is 9.10. The van der Waals surface area contributed by atoms with Gasteiger partial charge in [0.05, 0.1) is 4.90 Å². The molecule has 2 N–H and O–H groups in total. The third kappa shape index (κ3) is 5.39. The standard InChI is InChI=1S/C13H17BrN2O5S/c1-3-15-13(18)9(2)21-12(17)8-16-22(19,20)11-7-5-4-6-10(11)14/h4-7,9,16H,3,8H2,1-2H3,(H,15,18)/t9-/m1/s1. The second-order valence-corrected chi connectivity index (χ2v) is 6.87. The van der Waals surface area contributed by atoms with Gasteiger partial charge in [0.25, 0.3) is 5.91 Å². The van der Waals surface area contributed by atoms with E-state index in [4.69, 9.17) is 4.74 Å². The highest BCUT2D eigenvalue weighted by atomic mass is 79.9. The van der Waals surface area contributed by atoms with Crippen LogP contribution in [-0.4, -0.2) is 39.5 Å². The molecule has 1 aromatic carbocycles. The number of benzene rings is 1. The van der Waals surface area contributed by atoms with Crippen molar-refractivity contribution in [1.29, 1.82) is 0 Å². The summed E-state index contributed by atoms with van der Waals surface area (Å²) in [6, 6.07) is 6.21. The first-order chi connectivity index (χ1) is 10.3. The summed E-state index contributed by atoms with van der Waals surface area (Å²) in [6.45, 7) is 2.99. The van der Waals surface area contributed by atoms with E-state index in [1.807, 2.05) is 0 Å². The Kier molecular flexibility index (Phi) is 6.98.